The number of carbonyl (C=O) groups excluding carboxylic acids is 1. The van der Waals surface area contributed by atoms with Gasteiger partial charge in [0.25, 0.3) is 0 Å². The number of hydrogen-bond donors (Lipinski definition) is 1. The minimum Gasteiger partial charge on any atom is -0.376 e. The largest absolute Gasteiger partial charge is 0.376 e. The van der Waals surface area contributed by atoms with Crippen LogP contribution in [0.2, 0.25) is 0 Å². The van der Waals surface area contributed by atoms with Gasteiger partial charge in [-0.05, 0) is 12.8 Å². The number of carbonyl (C=O) groups is 1. The van der Waals surface area contributed by atoms with Crippen LogP contribution in [-0.4, -0.2) is 25.7 Å². The highest BCUT2D eigenvalue weighted by Crippen LogP contribution is 2.19. The molecule has 1 rings (SSSR count). The fourth-order valence-electron chi connectivity index (χ4n) is 1.58. The van der Waals surface area contributed by atoms with Crippen LogP contribution < -0.4 is 5.32 Å². The van der Waals surface area contributed by atoms with E-state index in [0.29, 0.717) is 25.7 Å². The monoisotopic (exact) mass is 171 g/mol. The molecule has 0 atom stereocenters. The summed E-state index contributed by atoms with van der Waals surface area (Å²) < 4.78 is 5.56. The van der Waals surface area contributed by atoms with Gasteiger partial charge in [0.1, 0.15) is 0 Å². The molecule has 1 aliphatic carbocycles. The van der Waals surface area contributed by atoms with Gasteiger partial charge in [0.15, 0.2) is 0 Å². The third-order valence-corrected chi connectivity index (χ3v) is 2.24. The second kappa shape index (κ2) is 6.00. The van der Waals surface area contributed by atoms with Gasteiger partial charge in [-0.15, -0.1) is 0 Å². The highest BCUT2D eigenvalue weighted by molar-refractivity contribution is 5.45. The summed E-state index contributed by atoms with van der Waals surface area (Å²) in [7, 11) is 0. The van der Waals surface area contributed by atoms with Crippen molar-refractivity contribution in [3.63, 3.8) is 0 Å². The zero-order chi connectivity index (χ0) is 8.65. The van der Waals surface area contributed by atoms with E-state index in [4.69, 9.17) is 4.74 Å². The van der Waals surface area contributed by atoms with Gasteiger partial charge < -0.3 is 10.1 Å². The zero-order valence-electron chi connectivity index (χ0n) is 7.42. The summed E-state index contributed by atoms with van der Waals surface area (Å²) in [6.45, 7) is 1.30. The summed E-state index contributed by atoms with van der Waals surface area (Å²) in [6.07, 6.45) is 7.50. The lowest BCUT2D eigenvalue weighted by Crippen LogP contribution is -2.23. The highest BCUT2D eigenvalue weighted by atomic mass is 16.5. The van der Waals surface area contributed by atoms with Gasteiger partial charge in [0.2, 0.25) is 6.41 Å². The molecule has 0 spiro atoms. The summed E-state index contributed by atoms with van der Waals surface area (Å²) in [6, 6.07) is 0. The lowest BCUT2D eigenvalue weighted by Gasteiger charge is -2.21. The van der Waals surface area contributed by atoms with E-state index in [1.807, 2.05) is 0 Å². The second-order valence-electron chi connectivity index (χ2n) is 3.20. The molecular weight excluding hydrogens is 154 g/mol. The van der Waals surface area contributed by atoms with E-state index >= 15 is 0 Å². The Morgan fingerprint density at radius 2 is 2.08 bits per heavy atom. The molecule has 1 amide bonds. The third-order valence-electron chi connectivity index (χ3n) is 2.24. The van der Waals surface area contributed by atoms with Gasteiger partial charge in [0, 0.05) is 6.54 Å². The standard InChI is InChI=1S/C9H17NO2/c11-8-10-6-7-12-9-4-2-1-3-5-9/h8-9H,1-7H2,(H,10,11). The number of ether oxygens (including phenoxy) is 1. The van der Waals surface area contributed by atoms with Crippen molar-refractivity contribution < 1.29 is 9.53 Å². The molecule has 12 heavy (non-hydrogen) atoms. The van der Waals surface area contributed by atoms with Crippen LogP contribution in [0.1, 0.15) is 32.1 Å². The first-order valence-electron chi connectivity index (χ1n) is 4.72. The molecule has 1 aliphatic rings. The van der Waals surface area contributed by atoms with Crippen LogP contribution in [0.4, 0.5) is 0 Å². The number of hydrogen-bond acceptors (Lipinski definition) is 2. The smallest absolute Gasteiger partial charge is 0.207 e. The summed E-state index contributed by atoms with van der Waals surface area (Å²) in [4.78, 5) is 9.89. The maximum atomic E-state index is 9.89. The molecule has 0 bridgehead atoms. The van der Waals surface area contributed by atoms with Crippen LogP contribution in [0.15, 0.2) is 0 Å². The van der Waals surface area contributed by atoms with Crippen molar-refractivity contribution in [2.24, 2.45) is 0 Å². The molecule has 0 aromatic carbocycles. The molecule has 1 N–H and O–H groups in total. The van der Waals surface area contributed by atoms with E-state index < -0.39 is 0 Å². The molecule has 1 fully saturated rings. The number of amides is 1. The first kappa shape index (κ1) is 9.52. The van der Waals surface area contributed by atoms with Gasteiger partial charge >= 0.3 is 0 Å². The van der Waals surface area contributed by atoms with Crippen molar-refractivity contribution in [2.75, 3.05) is 13.2 Å². The molecule has 3 heteroatoms. The molecule has 0 unspecified atom stereocenters. The maximum Gasteiger partial charge on any atom is 0.207 e. The molecule has 0 radical (unpaired) electrons. The van der Waals surface area contributed by atoms with Crippen LogP contribution >= 0.6 is 0 Å². The van der Waals surface area contributed by atoms with Crippen LogP contribution in [-0.2, 0) is 9.53 Å². The van der Waals surface area contributed by atoms with Gasteiger partial charge in [-0.3, -0.25) is 4.79 Å². The van der Waals surface area contributed by atoms with E-state index in [1.165, 1.54) is 32.1 Å². The third kappa shape index (κ3) is 3.72. The molecule has 0 aromatic rings. The molecule has 0 saturated heterocycles. The molecule has 1 saturated carbocycles. The van der Waals surface area contributed by atoms with Gasteiger partial charge in [0.05, 0.1) is 12.7 Å². The topological polar surface area (TPSA) is 38.3 Å². The fraction of sp³-hybridized carbons (Fsp3) is 0.889. The Kier molecular flexibility index (Phi) is 4.76. The number of nitrogens with one attached hydrogen (secondary N) is 1. The molecule has 0 heterocycles. The summed E-state index contributed by atoms with van der Waals surface area (Å²) >= 11 is 0. The van der Waals surface area contributed by atoms with Gasteiger partial charge in [-0.2, -0.15) is 0 Å². The molecule has 0 aromatic heterocycles. The molecule has 70 valence electrons. The van der Waals surface area contributed by atoms with Crippen LogP contribution in [0.3, 0.4) is 0 Å². The predicted octanol–water partition coefficient (Wildman–Crippen LogP) is 1.08. The lowest BCUT2D eigenvalue weighted by molar-refractivity contribution is -0.109. The lowest BCUT2D eigenvalue weighted by atomic mass is 9.98. The van der Waals surface area contributed by atoms with Crippen molar-refractivity contribution in [1.29, 1.82) is 0 Å². The average Bonchev–Trinajstić information content (AvgIpc) is 2.14. The molecular formula is C9H17NO2. The predicted molar refractivity (Wildman–Crippen MR) is 46.9 cm³/mol. The quantitative estimate of drug-likeness (QED) is 0.496. The summed E-state index contributed by atoms with van der Waals surface area (Å²) in [5.74, 6) is 0. The Balaban J connectivity index is 1.94. The molecule has 0 aliphatic heterocycles. The van der Waals surface area contributed by atoms with Crippen LogP contribution in [0, 0.1) is 0 Å². The molecule has 3 nitrogen and oxygen atoms in total. The average molecular weight is 171 g/mol. The first-order valence-corrected chi connectivity index (χ1v) is 4.72. The van der Waals surface area contributed by atoms with Crippen molar-refractivity contribution in [1.82, 2.24) is 5.32 Å². The second-order valence-corrected chi connectivity index (χ2v) is 3.20. The summed E-state index contributed by atoms with van der Waals surface area (Å²) in [5.41, 5.74) is 0. The van der Waals surface area contributed by atoms with E-state index in [2.05, 4.69) is 5.32 Å². The normalized spacial score (nSPS) is 19.0. The minimum absolute atomic E-state index is 0.451. The Bertz CT molecular complexity index is 122. The summed E-state index contributed by atoms with van der Waals surface area (Å²) in [5, 5.41) is 2.58. The van der Waals surface area contributed by atoms with Crippen molar-refractivity contribution in [3.8, 4) is 0 Å². The van der Waals surface area contributed by atoms with Crippen molar-refractivity contribution >= 4 is 6.41 Å². The SMILES string of the molecule is O=CNCCOC1CCCCC1. The van der Waals surface area contributed by atoms with Gasteiger partial charge in [-0.25, -0.2) is 0 Å². The van der Waals surface area contributed by atoms with E-state index in [1.54, 1.807) is 0 Å². The minimum atomic E-state index is 0.451. The number of rotatable bonds is 5. The Hall–Kier alpha value is -0.570. The van der Waals surface area contributed by atoms with Gasteiger partial charge in [-0.1, -0.05) is 19.3 Å². The van der Waals surface area contributed by atoms with E-state index in [-0.39, 0.29) is 0 Å². The van der Waals surface area contributed by atoms with Crippen molar-refractivity contribution in [2.45, 2.75) is 38.2 Å². The zero-order valence-corrected chi connectivity index (χ0v) is 7.42. The Morgan fingerprint density at radius 3 is 2.75 bits per heavy atom. The van der Waals surface area contributed by atoms with E-state index in [0.717, 1.165) is 0 Å². The van der Waals surface area contributed by atoms with Crippen molar-refractivity contribution in [3.05, 3.63) is 0 Å². The van der Waals surface area contributed by atoms with Crippen LogP contribution in [0.5, 0.6) is 0 Å². The maximum absolute atomic E-state index is 9.89. The van der Waals surface area contributed by atoms with E-state index in [9.17, 15) is 4.79 Å². The fourth-order valence-corrected chi connectivity index (χ4v) is 1.58. The highest BCUT2D eigenvalue weighted by Gasteiger charge is 2.12. The van der Waals surface area contributed by atoms with Crippen LogP contribution in [0.25, 0.3) is 0 Å². The Morgan fingerprint density at radius 1 is 1.33 bits per heavy atom. The first-order chi connectivity index (χ1) is 5.93. The Labute approximate surface area is 73.5 Å².